The van der Waals surface area contributed by atoms with E-state index in [1.165, 1.54) is 12.1 Å². The number of benzene rings is 1. The van der Waals surface area contributed by atoms with E-state index >= 15 is 0 Å². The van der Waals surface area contributed by atoms with Crippen molar-refractivity contribution in [3.63, 3.8) is 0 Å². The van der Waals surface area contributed by atoms with E-state index < -0.39 is 17.2 Å². The molecule has 0 aliphatic carbocycles. The number of aryl methyl sites for hydroxylation is 1. The van der Waals surface area contributed by atoms with Gasteiger partial charge in [0.05, 0.1) is 5.39 Å². The van der Waals surface area contributed by atoms with Crippen molar-refractivity contribution in [2.75, 3.05) is 0 Å². The molecule has 0 amide bonds. The van der Waals surface area contributed by atoms with Gasteiger partial charge in [-0.1, -0.05) is 19.4 Å². The van der Waals surface area contributed by atoms with Crippen molar-refractivity contribution in [1.82, 2.24) is 0 Å². The zero-order chi connectivity index (χ0) is 13.3. The van der Waals surface area contributed by atoms with Gasteiger partial charge in [-0.3, -0.25) is 4.79 Å². The fourth-order valence-electron chi connectivity index (χ4n) is 1.85. The highest BCUT2D eigenvalue weighted by Gasteiger charge is 2.13. The van der Waals surface area contributed by atoms with Gasteiger partial charge >= 0.3 is 5.97 Å². The molecule has 0 bridgehead atoms. The molecule has 0 aliphatic heterocycles. The third-order valence-electron chi connectivity index (χ3n) is 2.67. The summed E-state index contributed by atoms with van der Waals surface area (Å²) < 4.78 is 5.17. The molecular formula is C13H11O5-. The molecule has 94 valence electrons. The Morgan fingerprint density at radius 1 is 1.44 bits per heavy atom. The number of carbonyl (C=O) groups is 1. The molecule has 0 radical (unpaired) electrons. The maximum atomic E-state index is 11.7. The van der Waals surface area contributed by atoms with E-state index in [1.807, 2.05) is 6.92 Å². The maximum absolute atomic E-state index is 11.7. The van der Waals surface area contributed by atoms with E-state index in [1.54, 1.807) is 0 Å². The minimum absolute atomic E-state index is 0.0919. The lowest BCUT2D eigenvalue weighted by atomic mass is 10.0. The second-order valence-electron chi connectivity index (χ2n) is 3.95. The number of carboxylic acids is 1. The summed E-state index contributed by atoms with van der Waals surface area (Å²) >= 11 is 0. The van der Waals surface area contributed by atoms with Crippen LogP contribution in [0.15, 0.2) is 27.4 Å². The first kappa shape index (κ1) is 12.2. The molecule has 0 saturated carbocycles. The SMILES string of the molecule is CCCc1c([O-])ccc2c(=O)cc(C(=O)O)oc12. The summed E-state index contributed by atoms with van der Waals surface area (Å²) in [7, 11) is 0. The molecule has 0 fully saturated rings. The fraction of sp³-hybridized carbons (Fsp3) is 0.231. The molecule has 18 heavy (non-hydrogen) atoms. The normalized spacial score (nSPS) is 10.7. The predicted octanol–water partition coefficient (Wildman–Crippen LogP) is 1.52. The van der Waals surface area contributed by atoms with Gasteiger partial charge in [-0.2, -0.15) is 0 Å². The molecule has 2 aromatic rings. The molecule has 0 saturated heterocycles. The summed E-state index contributed by atoms with van der Waals surface area (Å²) in [5.74, 6) is -2.02. The lowest BCUT2D eigenvalue weighted by Gasteiger charge is -2.14. The van der Waals surface area contributed by atoms with Crippen LogP contribution in [0.4, 0.5) is 0 Å². The Bertz CT molecular complexity index is 669. The molecule has 1 aromatic carbocycles. The second-order valence-corrected chi connectivity index (χ2v) is 3.95. The van der Waals surface area contributed by atoms with Crippen molar-refractivity contribution in [3.8, 4) is 5.75 Å². The number of aromatic carboxylic acids is 1. The first-order chi connectivity index (χ1) is 8.54. The van der Waals surface area contributed by atoms with E-state index in [-0.39, 0.29) is 16.7 Å². The summed E-state index contributed by atoms with van der Waals surface area (Å²) in [6, 6.07) is 3.60. The molecular weight excluding hydrogens is 236 g/mol. The summed E-state index contributed by atoms with van der Waals surface area (Å²) in [6.45, 7) is 1.89. The molecule has 1 heterocycles. The Morgan fingerprint density at radius 3 is 2.78 bits per heavy atom. The second kappa shape index (κ2) is 4.52. The Balaban J connectivity index is 2.85. The number of hydrogen-bond acceptors (Lipinski definition) is 4. The molecule has 0 spiro atoms. The van der Waals surface area contributed by atoms with Crippen LogP contribution >= 0.6 is 0 Å². The van der Waals surface area contributed by atoms with Crippen molar-refractivity contribution in [2.24, 2.45) is 0 Å². The van der Waals surface area contributed by atoms with Crippen LogP contribution in [0, 0.1) is 0 Å². The van der Waals surface area contributed by atoms with Crippen LogP contribution in [0.2, 0.25) is 0 Å². The van der Waals surface area contributed by atoms with Crippen molar-refractivity contribution < 1.29 is 19.4 Å². The van der Waals surface area contributed by atoms with Gasteiger partial charge in [0.25, 0.3) is 0 Å². The van der Waals surface area contributed by atoms with Crippen LogP contribution in [0.5, 0.6) is 5.75 Å². The number of fused-ring (bicyclic) bond motifs is 1. The summed E-state index contributed by atoms with van der Waals surface area (Å²) in [5.41, 5.74) is -0.00421. The van der Waals surface area contributed by atoms with Crippen LogP contribution in [0.25, 0.3) is 11.0 Å². The van der Waals surface area contributed by atoms with Gasteiger partial charge in [0.15, 0.2) is 5.43 Å². The van der Waals surface area contributed by atoms with E-state index in [2.05, 4.69) is 0 Å². The number of carboxylic acid groups (broad SMARTS) is 1. The minimum atomic E-state index is -1.33. The Kier molecular flexibility index (Phi) is 3.06. The lowest BCUT2D eigenvalue weighted by molar-refractivity contribution is -0.269. The first-order valence-electron chi connectivity index (χ1n) is 5.54. The van der Waals surface area contributed by atoms with Crippen molar-refractivity contribution in [1.29, 1.82) is 0 Å². The Hall–Kier alpha value is -2.30. The van der Waals surface area contributed by atoms with E-state index in [9.17, 15) is 14.7 Å². The Morgan fingerprint density at radius 2 is 2.17 bits per heavy atom. The van der Waals surface area contributed by atoms with E-state index in [0.29, 0.717) is 18.4 Å². The maximum Gasteiger partial charge on any atom is 0.371 e. The Labute approximate surface area is 102 Å². The van der Waals surface area contributed by atoms with Crippen LogP contribution in [0.3, 0.4) is 0 Å². The summed E-state index contributed by atoms with van der Waals surface area (Å²) in [6.07, 6.45) is 1.15. The van der Waals surface area contributed by atoms with Gasteiger partial charge in [-0.05, 0) is 18.1 Å². The third kappa shape index (κ3) is 1.95. The van der Waals surface area contributed by atoms with Crippen molar-refractivity contribution >= 4 is 16.9 Å². The lowest BCUT2D eigenvalue weighted by Crippen LogP contribution is -2.08. The van der Waals surface area contributed by atoms with Gasteiger partial charge < -0.3 is 14.6 Å². The van der Waals surface area contributed by atoms with Gasteiger partial charge in [0.1, 0.15) is 5.58 Å². The first-order valence-corrected chi connectivity index (χ1v) is 5.54. The molecule has 2 rings (SSSR count). The van der Waals surface area contributed by atoms with E-state index in [4.69, 9.17) is 9.52 Å². The fourth-order valence-corrected chi connectivity index (χ4v) is 1.85. The van der Waals surface area contributed by atoms with Gasteiger partial charge in [-0.25, -0.2) is 4.79 Å². The van der Waals surface area contributed by atoms with Gasteiger partial charge in [-0.15, -0.1) is 5.75 Å². The zero-order valence-electron chi connectivity index (χ0n) is 9.73. The quantitative estimate of drug-likeness (QED) is 0.887. The standard InChI is InChI=1S/C13H12O5/c1-2-3-7-9(14)5-4-8-10(15)6-11(13(16)17)18-12(7)8/h4-6,14H,2-3H2,1H3,(H,16,17)/p-1. The highest BCUT2D eigenvalue weighted by Crippen LogP contribution is 2.25. The van der Waals surface area contributed by atoms with Crippen LogP contribution in [0.1, 0.15) is 29.5 Å². The summed E-state index contributed by atoms with van der Waals surface area (Å²) in [4.78, 5) is 22.6. The monoisotopic (exact) mass is 247 g/mol. The van der Waals surface area contributed by atoms with Crippen molar-refractivity contribution in [3.05, 3.63) is 39.7 Å². The molecule has 1 N–H and O–H groups in total. The van der Waals surface area contributed by atoms with Crippen LogP contribution < -0.4 is 10.5 Å². The average molecular weight is 247 g/mol. The molecule has 0 unspecified atom stereocenters. The topological polar surface area (TPSA) is 90.6 Å². The molecule has 0 atom stereocenters. The van der Waals surface area contributed by atoms with Crippen molar-refractivity contribution in [2.45, 2.75) is 19.8 Å². The van der Waals surface area contributed by atoms with E-state index in [0.717, 1.165) is 6.07 Å². The largest absolute Gasteiger partial charge is 0.872 e. The molecule has 0 aliphatic rings. The van der Waals surface area contributed by atoms with Gasteiger partial charge in [0.2, 0.25) is 5.76 Å². The molecule has 1 aromatic heterocycles. The van der Waals surface area contributed by atoms with Gasteiger partial charge in [0, 0.05) is 6.07 Å². The van der Waals surface area contributed by atoms with Crippen LogP contribution in [-0.4, -0.2) is 11.1 Å². The summed E-state index contributed by atoms with van der Waals surface area (Å²) in [5, 5.41) is 20.8. The highest BCUT2D eigenvalue weighted by atomic mass is 16.4. The predicted molar refractivity (Wildman–Crippen MR) is 62.9 cm³/mol. The average Bonchev–Trinajstić information content (AvgIpc) is 2.32. The smallest absolute Gasteiger partial charge is 0.371 e. The molecule has 5 heteroatoms. The highest BCUT2D eigenvalue weighted by molar-refractivity contribution is 5.89. The third-order valence-corrected chi connectivity index (χ3v) is 2.67. The zero-order valence-corrected chi connectivity index (χ0v) is 9.73. The molecule has 5 nitrogen and oxygen atoms in total. The minimum Gasteiger partial charge on any atom is -0.872 e. The van der Waals surface area contributed by atoms with Crippen LogP contribution in [-0.2, 0) is 6.42 Å². The number of hydrogen-bond donors (Lipinski definition) is 1. The number of rotatable bonds is 3.